The van der Waals surface area contributed by atoms with E-state index in [2.05, 4.69) is 25.4 Å². The summed E-state index contributed by atoms with van der Waals surface area (Å²) in [5.41, 5.74) is 3.57. The lowest BCUT2D eigenvalue weighted by Gasteiger charge is -2.15. The Morgan fingerprint density at radius 3 is 2.62 bits per heavy atom. The summed E-state index contributed by atoms with van der Waals surface area (Å²) in [4.78, 5) is 12.2. The van der Waals surface area contributed by atoms with Gasteiger partial charge < -0.3 is 15.2 Å². The maximum atomic E-state index is 12.2. The molecule has 3 aromatic rings. The fourth-order valence-electron chi connectivity index (χ4n) is 3.22. The summed E-state index contributed by atoms with van der Waals surface area (Å²) in [5.74, 6) is 1.96. The number of rotatable bonds is 3. The standard InChI is InChI=1S/C20H21N5O/c1-14-6-2-3-7-17(14)22-20(26)21-16-11-9-15(10-12-16)19-24-23-18-8-4-5-13-25(18)19/h2-3,6-7,9-12H,4-5,8,13H2,1H3,(H2,21,22,26). The number of carbonyl (C=O) groups excluding carboxylic acids is 1. The van der Waals surface area contributed by atoms with E-state index in [0.29, 0.717) is 0 Å². The Morgan fingerprint density at radius 2 is 1.81 bits per heavy atom. The summed E-state index contributed by atoms with van der Waals surface area (Å²) in [7, 11) is 0. The molecule has 0 atom stereocenters. The number of carbonyl (C=O) groups is 1. The normalized spacial score (nSPS) is 13.1. The van der Waals surface area contributed by atoms with Crippen molar-refractivity contribution in [3.05, 3.63) is 59.9 Å². The Balaban J connectivity index is 1.46. The third-order valence-corrected chi connectivity index (χ3v) is 4.65. The Hall–Kier alpha value is -3.15. The Labute approximate surface area is 152 Å². The van der Waals surface area contributed by atoms with Crippen LogP contribution in [0.4, 0.5) is 16.2 Å². The van der Waals surface area contributed by atoms with E-state index in [-0.39, 0.29) is 6.03 Å². The average molecular weight is 347 g/mol. The van der Waals surface area contributed by atoms with Crippen LogP contribution in [0.15, 0.2) is 48.5 Å². The highest BCUT2D eigenvalue weighted by molar-refractivity contribution is 6.00. The van der Waals surface area contributed by atoms with Crippen molar-refractivity contribution in [2.45, 2.75) is 32.7 Å². The molecule has 0 fully saturated rings. The van der Waals surface area contributed by atoms with Crippen LogP contribution in [0.3, 0.4) is 0 Å². The van der Waals surface area contributed by atoms with Crippen LogP contribution in [-0.4, -0.2) is 20.8 Å². The number of hydrogen-bond donors (Lipinski definition) is 2. The lowest BCUT2D eigenvalue weighted by Crippen LogP contribution is -2.19. The van der Waals surface area contributed by atoms with Crippen molar-refractivity contribution in [1.29, 1.82) is 0 Å². The number of aromatic nitrogens is 3. The molecule has 0 spiro atoms. The van der Waals surface area contributed by atoms with Gasteiger partial charge in [-0.1, -0.05) is 18.2 Å². The predicted octanol–water partition coefficient (Wildman–Crippen LogP) is 4.23. The highest BCUT2D eigenvalue weighted by Gasteiger charge is 2.16. The van der Waals surface area contributed by atoms with Crippen LogP contribution in [0.5, 0.6) is 0 Å². The van der Waals surface area contributed by atoms with E-state index in [1.165, 1.54) is 6.42 Å². The summed E-state index contributed by atoms with van der Waals surface area (Å²) in [6.45, 7) is 2.93. The minimum Gasteiger partial charge on any atom is -0.311 e. The molecule has 0 radical (unpaired) electrons. The van der Waals surface area contributed by atoms with Gasteiger partial charge in [-0.05, 0) is 55.7 Å². The predicted molar refractivity (Wildman–Crippen MR) is 102 cm³/mol. The van der Waals surface area contributed by atoms with Crippen molar-refractivity contribution < 1.29 is 4.79 Å². The molecular weight excluding hydrogens is 326 g/mol. The number of amides is 2. The second kappa shape index (κ2) is 7.00. The molecule has 6 nitrogen and oxygen atoms in total. The molecule has 2 N–H and O–H groups in total. The highest BCUT2D eigenvalue weighted by Crippen LogP contribution is 2.24. The lowest BCUT2D eigenvalue weighted by atomic mass is 10.1. The van der Waals surface area contributed by atoms with Gasteiger partial charge in [0.2, 0.25) is 0 Å². The zero-order chi connectivity index (χ0) is 17.9. The van der Waals surface area contributed by atoms with Crippen LogP contribution in [-0.2, 0) is 13.0 Å². The SMILES string of the molecule is Cc1ccccc1NC(=O)Nc1ccc(-c2nnc3n2CCCC3)cc1. The van der Waals surface area contributed by atoms with E-state index >= 15 is 0 Å². The van der Waals surface area contributed by atoms with Gasteiger partial charge >= 0.3 is 6.03 Å². The summed E-state index contributed by atoms with van der Waals surface area (Å²) < 4.78 is 2.19. The smallest absolute Gasteiger partial charge is 0.311 e. The molecule has 2 amide bonds. The number of hydrogen-bond acceptors (Lipinski definition) is 3. The van der Waals surface area contributed by atoms with Gasteiger partial charge in [-0.2, -0.15) is 0 Å². The minimum atomic E-state index is -0.257. The molecule has 2 heterocycles. The van der Waals surface area contributed by atoms with Crippen LogP contribution in [0, 0.1) is 6.92 Å². The molecule has 1 aliphatic rings. The van der Waals surface area contributed by atoms with Gasteiger partial charge in [0, 0.05) is 29.9 Å². The molecule has 1 aromatic heterocycles. The molecular formula is C20H21N5O. The van der Waals surface area contributed by atoms with Gasteiger partial charge in [0.05, 0.1) is 0 Å². The Bertz CT molecular complexity index is 930. The zero-order valence-corrected chi connectivity index (χ0v) is 14.7. The van der Waals surface area contributed by atoms with Crippen molar-refractivity contribution in [2.24, 2.45) is 0 Å². The van der Waals surface area contributed by atoms with E-state index in [0.717, 1.165) is 53.5 Å². The van der Waals surface area contributed by atoms with E-state index in [4.69, 9.17) is 0 Å². The van der Waals surface area contributed by atoms with Crippen LogP contribution in [0.2, 0.25) is 0 Å². The van der Waals surface area contributed by atoms with E-state index in [1.807, 2.05) is 55.5 Å². The van der Waals surface area contributed by atoms with Gasteiger partial charge in [-0.25, -0.2) is 4.79 Å². The molecule has 0 unspecified atom stereocenters. The molecule has 0 bridgehead atoms. The van der Waals surface area contributed by atoms with E-state index in [1.54, 1.807) is 0 Å². The van der Waals surface area contributed by atoms with Crippen molar-refractivity contribution in [3.63, 3.8) is 0 Å². The minimum absolute atomic E-state index is 0.257. The molecule has 0 saturated heterocycles. The molecule has 26 heavy (non-hydrogen) atoms. The van der Waals surface area contributed by atoms with Gasteiger partial charge in [-0.3, -0.25) is 0 Å². The number of urea groups is 1. The number of fused-ring (bicyclic) bond motifs is 1. The molecule has 1 aliphatic heterocycles. The molecule has 0 aliphatic carbocycles. The second-order valence-corrected chi connectivity index (χ2v) is 6.52. The fourth-order valence-corrected chi connectivity index (χ4v) is 3.22. The zero-order valence-electron chi connectivity index (χ0n) is 14.7. The Kier molecular flexibility index (Phi) is 4.39. The molecule has 4 rings (SSSR count). The van der Waals surface area contributed by atoms with Crippen LogP contribution in [0.1, 0.15) is 24.2 Å². The fraction of sp³-hybridized carbons (Fsp3) is 0.250. The van der Waals surface area contributed by atoms with Crippen molar-refractivity contribution in [2.75, 3.05) is 10.6 Å². The molecule has 6 heteroatoms. The number of aryl methyl sites for hydroxylation is 2. The van der Waals surface area contributed by atoms with E-state index < -0.39 is 0 Å². The largest absolute Gasteiger partial charge is 0.323 e. The quantitative estimate of drug-likeness (QED) is 0.744. The maximum absolute atomic E-state index is 12.2. The Morgan fingerprint density at radius 1 is 1.00 bits per heavy atom. The second-order valence-electron chi connectivity index (χ2n) is 6.52. The topological polar surface area (TPSA) is 71.8 Å². The van der Waals surface area contributed by atoms with Gasteiger partial charge in [0.1, 0.15) is 5.82 Å². The third kappa shape index (κ3) is 3.31. The summed E-state index contributed by atoms with van der Waals surface area (Å²) >= 11 is 0. The first-order valence-electron chi connectivity index (χ1n) is 8.87. The first-order valence-corrected chi connectivity index (χ1v) is 8.87. The van der Waals surface area contributed by atoms with Crippen molar-refractivity contribution in [1.82, 2.24) is 14.8 Å². The van der Waals surface area contributed by atoms with Crippen LogP contribution < -0.4 is 10.6 Å². The molecule has 2 aromatic carbocycles. The van der Waals surface area contributed by atoms with E-state index in [9.17, 15) is 4.79 Å². The third-order valence-electron chi connectivity index (χ3n) is 4.65. The van der Waals surface area contributed by atoms with Crippen LogP contribution >= 0.6 is 0 Å². The van der Waals surface area contributed by atoms with Crippen molar-refractivity contribution >= 4 is 17.4 Å². The highest BCUT2D eigenvalue weighted by atomic mass is 16.2. The lowest BCUT2D eigenvalue weighted by molar-refractivity contribution is 0.262. The number of para-hydroxylation sites is 1. The number of nitrogens with one attached hydrogen (secondary N) is 2. The van der Waals surface area contributed by atoms with Crippen LogP contribution in [0.25, 0.3) is 11.4 Å². The monoisotopic (exact) mass is 347 g/mol. The van der Waals surface area contributed by atoms with Gasteiger partial charge in [-0.15, -0.1) is 10.2 Å². The average Bonchev–Trinajstić information content (AvgIpc) is 3.08. The summed E-state index contributed by atoms with van der Waals surface area (Å²) in [6.07, 6.45) is 3.33. The first-order chi connectivity index (χ1) is 12.7. The van der Waals surface area contributed by atoms with Crippen molar-refractivity contribution in [3.8, 4) is 11.4 Å². The summed E-state index contributed by atoms with van der Waals surface area (Å²) in [6, 6.07) is 15.1. The van der Waals surface area contributed by atoms with Gasteiger partial charge in [0.25, 0.3) is 0 Å². The summed E-state index contributed by atoms with van der Waals surface area (Å²) in [5, 5.41) is 14.4. The number of nitrogens with zero attached hydrogens (tertiary/aromatic N) is 3. The number of benzene rings is 2. The van der Waals surface area contributed by atoms with Gasteiger partial charge in [0.15, 0.2) is 5.82 Å². The molecule has 132 valence electrons. The number of anilines is 2. The maximum Gasteiger partial charge on any atom is 0.323 e. The molecule has 0 saturated carbocycles. The first kappa shape index (κ1) is 16.3.